The summed E-state index contributed by atoms with van der Waals surface area (Å²) in [6, 6.07) is 11.3. The first-order valence-corrected chi connectivity index (χ1v) is 5.62. The van der Waals surface area contributed by atoms with E-state index in [9.17, 15) is 4.39 Å². The van der Waals surface area contributed by atoms with Crippen LogP contribution in [0.1, 0.15) is 11.1 Å². The molecule has 2 aromatic carbocycles. The summed E-state index contributed by atoms with van der Waals surface area (Å²) in [4.78, 5) is 0. The van der Waals surface area contributed by atoms with E-state index in [1.807, 2.05) is 0 Å². The molecule has 2 aromatic rings. The number of nitrogens with two attached hydrogens (primary N) is 1. The van der Waals surface area contributed by atoms with Gasteiger partial charge in [-0.2, -0.15) is 0 Å². The number of halogens is 1. The predicted octanol–water partition coefficient (Wildman–Crippen LogP) is 3.02. The molecule has 0 aliphatic heterocycles. The molecule has 0 saturated carbocycles. The monoisotopic (exact) mass is 260 g/mol. The van der Waals surface area contributed by atoms with E-state index in [1.165, 1.54) is 6.07 Å². The Kier molecular flexibility index (Phi) is 3.66. The van der Waals surface area contributed by atoms with E-state index in [2.05, 4.69) is 5.16 Å². The lowest BCUT2D eigenvalue weighted by Crippen LogP contribution is -2.12. The smallest absolute Gasteiger partial charge is 0.170 e. The number of oxime groups is 1. The first kappa shape index (κ1) is 12.9. The van der Waals surface area contributed by atoms with Crippen molar-refractivity contribution in [2.45, 2.75) is 6.92 Å². The number of benzene rings is 2. The van der Waals surface area contributed by atoms with E-state index in [4.69, 9.17) is 15.7 Å². The number of hydrogen-bond donors (Lipinski definition) is 2. The zero-order valence-corrected chi connectivity index (χ0v) is 10.3. The summed E-state index contributed by atoms with van der Waals surface area (Å²) in [6.07, 6.45) is 0. The molecule has 0 heterocycles. The molecule has 5 heteroatoms. The first-order chi connectivity index (χ1) is 9.10. The maximum absolute atomic E-state index is 13.4. The molecule has 2 rings (SSSR count). The van der Waals surface area contributed by atoms with Crippen LogP contribution in [-0.4, -0.2) is 11.0 Å². The molecule has 0 saturated heterocycles. The topological polar surface area (TPSA) is 67.8 Å². The van der Waals surface area contributed by atoms with Crippen LogP contribution in [0.3, 0.4) is 0 Å². The minimum absolute atomic E-state index is 0.0212. The summed E-state index contributed by atoms with van der Waals surface area (Å²) in [6.45, 7) is 1.69. The van der Waals surface area contributed by atoms with Gasteiger partial charge in [0.1, 0.15) is 17.3 Å². The average molecular weight is 260 g/mol. The lowest BCUT2D eigenvalue weighted by molar-refractivity contribution is 0.318. The standard InChI is InChI=1S/C14H13FN2O2/c1-9-2-5-12(8-13(9)15)19-11-6-3-10(4-7-11)14(16)17-18/h2-8,18H,1H3,(H2,16,17). The second-order valence-corrected chi connectivity index (χ2v) is 4.02. The minimum atomic E-state index is -0.314. The first-order valence-electron chi connectivity index (χ1n) is 5.62. The van der Waals surface area contributed by atoms with Crippen LogP contribution in [0.25, 0.3) is 0 Å². The molecule has 3 N–H and O–H groups in total. The molecular weight excluding hydrogens is 247 g/mol. The minimum Gasteiger partial charge on any atom is -0.457 e. The van der Waals surface area contributed by atoms with Gasteiger partial charge in [-0.05, 0) is 42.8 Å². The molecule has 0 aliphatic carbocycles. The van der Waals surface area contributed by atoms with E-state index in [-0.39, 0.29) is 11.7 Å². The van der Waals surface area contributed by atoms with Crippen LogP contribution < -0.4 is 10.5 Å². The second-order valence-electron chi connectivity index (χ2n) is 4.02. The van der Waals surface area contributed by atoms with E-state index >= 15 is 0 Å². The van der Waals surface area contributed by atoms with Crippen molar-refractivity contribution in [3.8, 4) is 11.5 Å². The number of ether oxygens (including phenoxy) is 1. The average Bonchev–Trinajstić information content (AvgIpc) is 2.43. The van der Waals surface area contributed by atoms with Gasteiger partial charge in [0.25, 0.3) is 0 Å². The van der Waals surface area contributed by atoms with Crippen LogP contribution in [0.15, 0.2) is 47.6 Å². The molecule has 0 spiro atoms. The van der Waals surface area contributed by atoms with E-state index in [1.54, 1.807) is 43.3 Å². The Morgan fingerprint density at radius 3 is 2.37 bits per heavy atom. The predicted molar refractivity (Wildman–Crippen MR) is 70.2 cm³/mol. The van der Waals surface area contributed by atoms with Crippen LogP contribution in [0.2, 0.25) is 0 Å². The lowest BCUT2D eigenvalue weighted by atomic mass is 10.2. The third-order valence-electron chi connectivity index (χ3n) is 2.64. The van der Waals surface area contributed by atoms with E-state index < -0.39 is 0 Å². The van der Waals surface area contributed by atoms with Gasteiger partial charge in [0, 0.05) is 11.6 Å². The summed E-state index contributed by atoms with van der Waals surface area (Å²) in [5.74, 6) is 0.663. The molecule has 0 bridgehead atoms. The molecule has 98 valence electrons. The van der Waals surface area contributed by atoms with Gasteiger partial charge in [-0.1, -0.05) is 11.2 Å². The van der Waals surface area contributed by atoms with Crippen molar-refractivity contribution in [2.75, 3.05) is 0 Å². The summed E-state index contributed by atoms with van der Waals surface area (Å²) in [5, 5.41) is 11.4. The summed E-state index contributed by atoms with van der Waals surface area (Å²) >= 11 is 0. The molecule has 0 unspecified atom stereocenters. The van der Waals surface area contributed by atoms with Gasteiger partial charge in [0.15, 0.2) is 5.84 Å². The summed E-state index contributed by atoms with van der Waals surface area (Å²) < 4.78 is 18.9. The zero-order chi connectivity index (χ0) is 13.8. The van der Waals surface area contributed by atoms with Crippen molar-refractivity contribution < 1.29 is 14.3 Å². The number of amidine groups is 1. The maximum atomic E-state index is 13.4. The van der Waals surface area contributed by atoms with Gasteiger partial charge >= 0.3 is 0 Å². The van der Waals surface area contributed by atoms with Gasteiger partial charge in [-0.25, -0.2) is 4.39 Å². The highest BCUT2D eigenvalue weighted by Gasteiger charge is 2.03. The summed E-state index contributed by atoms with van der Waals surface area (Å²) in [7, 11) is 0. The van der Waals surface area contributed by atoms with Crippen molar-refractivity contribution in [1.82, 2.24) is 0 Å². The Morgan fingerprint density at radius 2 is 1.79 bits per heavy atom. The van der Waals surface area contributed by atoms with Crippen molar-refractivity contribution in [1.29, 1.82) is 0 Å². The fraction of sp³-hybridized carbons (Fsp3) is 0.0714. The number of nitrogens with zero attached hydrogens (tertiary/aromatic N) is 1. The van der Waals surface area contributed by atoms with Crippen LogP contribution in [0, 0.1) is 12.7 Å². The van der Waals surface area contributed by atoms with Crippen molar-refractivity contribution in [2.24, 2.45) is 10.9 Å². The largest absolute Gasteiger partial charge is 0.457 e. The van der Waals surface area contributed by atoms with Gasteiger partial charge in [0.05, 0.1) is 0 Å². The molecule has 0 amide bonds. The fourth-order valence-electron chi connectivity index (χ4n) is 1.52. The van der Waals surface area contributed by atoms with Gasteiger partial charge in [-0.3, -0.25) is 0 Å². The highest BCUT2D eigenvalue weighted by molar-refractivity contribution is 5.97. The lowest BCUT2D eigenvalue weighted by Gasteiger charge is -2.07. The SMILES string of the molecule is Cc1ccc(Oc2ccc(/C(N)=N/O)cc2)cc1F. The van der Waals surface area contributed by atoms with Crippen LogP contribution in [0.4, 0.5) is 4.39 Å². The summed E-state index contributed by atoms with van der Waals surface area (Å²) in [5.41, 5.74) is 6.58. The highest BCUT2D eigenvalue weighted by atomic mass is 19.1. The van der Waals surface area contributed by atoms with Gasteiger partial charge in [0.2, 0.25) is 0 Å². The molecule has 0 aromatic heterocycles. The van der Waals surface area contributed by atoms with E-state index in [0.717, 1.165) is 0 Å². The van der Waals surface area contributed by atoms with Crippen LogP contribution >= 0.6 is 0 Å². The Labute approximate surface area is 109 Å². The molecule has 0 aliphatic rings. The van der Waals surface area contributed by atoms with E-state index in [0.29, 0.717) is 22.6 Å². The third-order valence-corrected chi connectivity index (χ3v) is 2.64. The molecule has 4 nitrogen and oxygen atoms in total. The molecule has 0 fully saturated rings. The number of rotatable bonds is 3. The van der Waals surface area contributed by atoms with Gasteiger partial charge < -0.3 is 15.7 Å². The van der Waals surface area contributed by atoms with Crippen LogP contribution in [-0.2, 0) is 0 Å². The van der Waals surface area contributed by atoms with Crippen LogP contribution in [0.5, 0.6) is 11.5 Å². The Hall–Kier alpha value is -2.56. The Bertz CT molecular complexity index is 609. The molecule has 0 radical (unpaired) electrons. The molecule has 0 atom stereocenters. The Balaban J connectivity index is 2.17. The zero-order valence-electron chi connectivity index (χ0n) is 10.3. The van der Waals surface area contributed by atoms with Crippen molar-refractivity contribution in [3.05, 3.63) is 59.4 Å². The fourth-order valence-corrected chi connectivity index (χ4v) is 1.52. The maximum Gasteiger partial charge on any atom is 0.170 e. The normalized spacial score (nSPS) is 11.4. The molecular formula is C14H13FN2O2. The number of hydrogen-bond acceptors (Lipinski definition) is 3. The van der Waals surface area contributed by atoms with Crippen molar-refractivity contribution >= 4 is 5.84 Å². The van der Waals surface area contributed by atoms with Crippen molar-refractivity contribution in [3.63, 3.8) is 0 Å². The Morgan fingerprint density at radius 1 is 1.16 bits per heavy atom. The quantitative estimate of drug-likeness (QED) is 0.386. The highest BCUT2D eigenvalue weighted by Crippen LogP contribution is 2.23. The second kappa shape index (κ2) is 5.39. The molecule has 19 heavy (non-hydrogen) atoms. The van der Waals surface area contributed by atoms with Gasteiger partial charge in [-0.15, -0.1) is 0 Å². The third kappa shape index (κ3) is 3.01. The number of aryl methyl sites for hydroxylation is 1.